The zero-order valence-electron chi connectivity index (χ0n) is 9.84. The fourth-order valence-corrected chi connectivity index (χ4v) is 2.61. The number of hydrogen-bond donors (Lipinski definition) is 0. The summed E-state index contributed by atoms with van der Waals surface area (Å²) >= 11 is 5.98. The van der Waals surface area contributed by atoms with E-state index >= 15 is 0 Å². The van der Waals surface area contributed by atoms with E-state index in [1.165, 1.54) is 5.56 Å². The Balaban J connectivity index is 1.77. The van der Waals surface area contributed by atoms with E-state index in [0.29, 0.717) is 5.92 Å². The lowest BCUT2D eigenvalue weighted by molar-refractivity contribution is 0.0965. The van der Waals surface area contributed by atoms with Gasteiger partial charge in [0, 0.05) is 16.5 Å². The molecule has 1 nitrogen and oxygen atoms in total. The van der Waals surface area contributed by atoms with Crippen molar-refractivity contribution in [3.63, 3.8) is 0 Å². The normalized spacial score (nSPS) is 21.6. The lowest BCUT2D eigenvalue weighted by Gasteiger charge is -2.01. The van der Waals surface area contributed by atoms with Gasteiger partial charge in [0.1, 0.15) is 0 Å². The zero-order valence-corrected chi connectivity index (χ0v) is 10.6. The summed E-state index contributed by atoms with van der Waals surface area (Å²) in [6, 6.07) is 17.3. The summed E-state index contributed by atoms with van der Waals surface area (Å²) < 4.78 is 0. The molecule has 90 valence electrons. The first kappa shape index (κ1) is 11.5. The second-order valence-corrected chi connectivity index (χ2v) is 5.17. The Morgan fingerprint density at radius 3 is 2.56 bits per heavy atom. The molecule has 0 N–H and O–H groups in total. The van der Waals surface area contributed by atoms with Crippen LogP contribution in [0.4, 0.5) is 0 Å². The molecular formula is C16H13ClO. The van der Waals surface area contributed by atoms with Gasteiger partial charge in [-0.25, -0.2) is 0 Å². The highest BCUT2D eigenvalue weighted by Crippen LogP contribution is 2.49. The quantitative estimate of drug-likeness (QED) is 0.747. The maximum absolute atomic E-state index is 12.2. The molecule has 0 aliphatic heterocycles. The average Bonchev–Trinajstić information content (AvgIpc) is 3.19. The smallest absolute Gasteiger partial charge is 0.166 e. The van der Waals surface area contributed by atoms with Crippen molar-refractivity contribution in [2.75, 3.05) is 0 Å². The van der Waals surface area contributed by atoms with Crippen molar-refractivity contribution >= 4 is 17.4 Å². The van der Waals surface area contributed by atoms with E-state index in [1.807, 2.05) is 48.5 Å². The Morgan fingerprint density at radius 2 is 1.83 bits per heavy atom. The number of hydrogen-bond acceptors (Lipinski definition) is 1. The number of benzene rings is 2. The first-order valence-electron chi connectivity index (χ1n) is 6.10. The van der Waals surface area contributed by atoms with Crippen LogP contribution in [-0.4, -0.2) is 5.78 Å². The minimum atomic E-state index is 0.130. The molecule has 2 unspecified atom stereocenters. The van der Waals surface area contributed by atoms with Crippen molar-refractivity contribution in [3.05, 3.63) is 70.7 Å². The highest BCUT2D eigenvalue weighted by molar-refractivity contribution is 6.30. The van der Waals surface area contributed by atoms with Crippen molar-refractivity contribution in [3.8, 4) is 0 Å². The first-order valence-corrected chi connectivity index (χ1v) is 6.48. The van der Waals surface area contributed by atoms with E-state index in [9.17, 15) is 4.79 Å². The molecule has 1 aliphatic rings. The Morgan fingerprint density at radius 1 is 1.06 bits per heavy atom. The SMILES string of the molecule is O=C(c1ccccc1)C1CC1c1cccc(Cl)c1. The van der Waals surface area contributed by atoms with Crippen LogP contribution in [0.1, 0.15) is 28.3 Å². The molecule has 1 fully saturated rings. The first-order chi connectivity index (χ1) is 8.75. The topological polar surface area (TPSA) is 17.1 Å². The predicted octanol–water partition coefficient (Wildman–Crippen LogP) is 4.33. The number of carbonyl (C=O) groups excluding carboxylic acids is 1. The Hall–Kier alpha value is -1.60. The molecule has 3 rings (SSSR count). The molecule has 2 heteroatoms. The van der Waals surface area contributed by atoms with Crippen LogP contribution in [0, 0.1) is 5.92 Å². The monoisotopic (exact) mass is 256 g/mol. The van der Waals surface area contributed by atoms with Gasteiger partial charge >= 0.3 is 0 Å². The third-order valence-electron chi connectivity index (χ3n) is 3.46. The minimum absolute atomic E-state index is 0.130. The molecule has 1 saturated carbocycles. The van der Waals surface area contributed by atoms with Gasteiger partial charge in [-0.1, -0.05) is 54.1 Å². The third-order valence-corrected chi connectivity index (χ3v) is 3.70. The van der Waals surface area contributed by atoms with Gasteiger partial charge in [-0.2, -0.15) is 0 Å². The Bertz CT molecular complexity index is 577. The van der Waals surface area contributed by atoms with Crippen molar-refractivity contribution < 1.29 is 4.79 Å². The van der Waals surface area contributed by atoms with Crippen LogP contribution in [0.3, 0.4) is 0 Å². The van der Waals surface area contributed by atoms with Gasteiger partial charge in [-0.05, 0) is 30.0 Å². The standard InChI is InChI=1S/C16H13ClO/c17-13-8-4-7-12(9-13)14-10-15(14)16(18)11-5-2-1-3-6-11/h1-9,14-15H,10H2. The van der Waals surface area contributed by atoms with Gasteiger partial charge in [0.25, 0.3) is 0 Å². The van der Waals surface area contributed by atoms with Crippen molar-refractivity contribution in [1.29, 1.82) is 0 Å². The van der Waals surface area contributed by atoms with E-state index < -0.39 is 0 Å². The summed E-state index contributed by atoms with van der Waals surface area (Å²) in [5.41, 5.74) is 1.99. The van der Waals surface area contributed by atoms with Gasteiger partial charge in [0.2, 0.25) is 0 Å². The number of halogens is 1. The fourth-order valence-electron chi connectivity index (χ4n) is 2.41. The van der Waals surface area contributed by atoms with Crippen LogP contribution in [-0.2, 0) is 0 Å². The zero-order chi connectivity index (χ0) is 12.5. The van der Waals surface area contributed by atoms with Crippen LogP contribution in [0.25, 0.3) is 0 Å². The lowest BCUT2D eigenvalue weighted by Crippen LogP contribution is -2.02. The molecule has 2 aromatic rings. The summed E-state index contributed by atoms with van der Waals surface area (Å²) in [5, 5.41) is 0.741. The maximum Gasteiger partial charge on any atom is 0.166 e. The molecule has 2 atom stereocenters. The summed E-state index contributed by atoms with van der Waals surface area (Å²) in [5.74, 6) is 0.725. The van der Waals surface area contributed by atoms with Gasteiger partial charge < -0.3 is 0 Å². The van der Waals surface area contributed by atoms with Crippen LogP contribution in [0.5, 0.6) is 0 Å². The summed E-state index contributed by atoms with van der Waals surface area (Å²) in [7, 11) is 0. The molecule has 0 saturated heterocycles. The summed E-state index contributed by atoms with van der Waals surface area (Å²) in [6.07, 6.45) is 0.939. The van der Waals surface area contributed by atoms with Gasteiger partial charge in [-0.3, -0.25) is 4.79 Å². The van der Waals surface area contributed by atoms with E-state index in [2.05, 4.69) is 6.07 Å². The second kappa shape index (κ2) is 4.58. The van der Waals surface area contributed by atoms with E-state index in [0.717, 1.165) is 17.0 Å². The highest BCUT2D eigenvalue weighted by atomic mass is 35.5. The second-order valence-electron chi connectivity index (χ2n) is 4.73. The number of carbonyl (C=O) groups is 1. The third kappa shape index (κ3) is 2.19. The molecular weight excluding hydrogens is 244 g/mol. The Labute approximate surface area is 111 Å². The predicted molar refractivity (Wildman–Crippen MR) is 73.1 cm³/mol. The fraction of sp³-hybridized carbons (Fsp3) is 0.188. The summed E-state index contributed by atoms with van der Waals surface area (Å²) in [6.45, 7) is 0. The van der Waals surface area contributed by atoms with Crippen LogP contribution in [0.15, 0.2) is 54.6 Å². The van der Waals surface area contributed by atoms with Crippen LogP contribution < -0.4 is 0 Å². The van der Waals surface area contributed by atoms with E-state index in [1.54, 1.807) is 0 Å². The van der Waals surface area contributed by atoms with Gasteiger partial charge in [0.15, 0.2) is 5.78 Å². The average molecular weight is 257 g/mol. The largest absolute Gasteiger partial charge is 0.294 e. The molecule has 2 aromatic carbocycles. The van der Waals surface area contributed by atoms with Crippen LogP contribution in [0.2, 0.25) is 5.02 Å². The number of rotatable bonds is 3. The number of ketones is 1. The lowest BCUT2D eigenvalue weighted by atomic mass is 10.0. The van der Waals surface area contributed by atoms with Crippen molar-refractivity contribution in [2.24, 2.45) is 5.92 Å². The highest BCUT2D eigenvalue weighted by Gasteiger charge is 2.43. The van der Waals surface area contributed by atoms with E-state index in [4.69, 9.17) is 11.6 Å². The molecule has 0 amide bonds. The number of Topliss-reactive ketones (excluding diaryl/α,β-unsaturated/α-hetero) is 1. The van der Waals surface area contributed by atoms with Crippen molar-refractivity contribution in [1.82, 2.24) is 0 Å². The minimum Gasteiger partial charge on any atom is -0.294 e. The van der Waals surface area contributed by atoms with E-state index in [-0.39, 0.29) is 11.7 Å². The van der Waals surface area contributed by atoms with Crippen LogP contribution >= 0.6 is 11.6 Å². The molecule has 0 spiro atoms. The van der Waals surface area contributed by atoms with Gasteiger partial charge in [-0.15, -0.1) is 0 Å². The maximum atomic E-state index is 12.2. The summed E-state index contributed by atoms with van der Waals surface area (Å²) in [4.78, 5) is 12.2. The molecule has 0 aromatic heterocycles. The van der Waals surface area contributed by atoms with Gasteiger partial charge in [0.05, 0.1) is 0 Å². The molecule has 0 radical (unpaired) electrons. The molecule has 0 heterocycles. The van der Waals surface area contributed by atoms with Crippen molar-refractivity contribution in [2.45, 2.75) is 12.3 Å². The molecule has 0 bridgehead atoms. The Kier molecular flexibility index (Phi) is 2.92. The molecule has 18 heavy (non-hydrogen) atoms. The molecule has 1 aliphatic carbocycles.